The quantitative estimate of drug-likeness (QED) is 0.495. The number of nitrogens with one attached hydrogen (secondary N) is 1. The van der Waals surface area contributed by atoms with Crippen LogP contribution in [0.4, 0.5) is 5.13 Å². The Morgan fingerprint density at radius 1 is 1.03 bits per heavy atom. The van der Waals surface area contributed by atoms with Crippen LogP contribution in [0, 0.1) is 6.92 Å². The number of thiazole rings is 1. The second-order valence-electron chi connectivity index (χ2n) is 6.85. The summed E-state index contributed by atoms with van der Waals surface area (Å²) in [6, 6.07) is 17.5. The van der Waals surface area contributed by atoms with Crippen molar-refractivity contribution >= 4 is 54.3 Å². The molecule has 2 heterocycles. The summed E-state index contributed by atoms with van der Waals surface area (Å²) in [5, 5.41) is 5.98. The first kappa shape index (κ1) is 17.5. The van der Waals surface area contributed by atoms with E-state index in [0.717, 1.165) is 26.6 Å². The first-order valence-corrected chi connectivity index (χ1v) is 9.95. The first-order chi connectivity index (χ1) is 14.1. The SMILES string of the molecule is Cc1cccc2c(=O)n(CC(=O)Nc3nc4c(ccc5ccccc54)s3)cnc12. The van der Waals surface area contributed by atoms with Gasteiger partial charge in [0, 0.05) is 5.39 Å². The van der Waals surface area contributed by atoms with Gasteiger partial charge >= 0.3 is 0 Å². The fraction of sp³-hybridized carbons (Fsp3) is 0.0909. The number of anilines is 1. The van der Waals surface area contributed by atoms with E-state index in [-0.39, 0.29) is 18.0 Å². The number of aryl methyl sites for hydroxylation is 1. The molecule has 1 N–H and O–H groups in total. The molecule has 0 bridgehead atoms. The zero-order chi connectivity index (χ0) is 20.0. The van der Waals surface area contributed by atoms with Crippen molar-refractivity contribution in [3.8, 4) is 0 Å². The largest absolute Gasteiger partial charge is 0.300 e. The zero-order valence-electron chi connectivity index (χ0n) is 15.5. The third kappa shape index (κ3) is 3.05. The number of hydrogen-bond donors (Lipinski definition) is 1. The zero-order valence-corrected chi connectivity index (χ0v) is 16.4. The van der Waals surface area contributed by atoms with Crippen molar-refractivity contribution in [3.05, 3.63) is 76.8 Å². The molecule has 0 radical (unpaired) electrons. The molecule has 0 fully saturated rings. The number of nitrogens with zero attached hydrogens (tertiary/aromatic N) is 3. The van der Waals surface area contributed by atoms with Gasteiger partial charge in [-0.1, -0.05) is 53.8 Å². The van der Waals surface area contributed by atoms with Crippen LogP contribution in [-0.2, 0) is 11.3 Å². The Bertz CT molecular complexity index is 1470. The van der Waals surface area contributed by atoms with Gasteiger partial charge in [0.25, 0.3) is 5.56 Å². The highest BCUT2D eigenvalue weighted by atomic mass is 32.1. The van der Waals surface area contributed by atoms with Crippen molar-refractivity contribution in [1.82, 2.24) is 14.5 Å². The maximum Gasteiger partial charge on any atom is 0.261 e. The number of rotatable bonds is 3. The summed E-state index contributed by atoms with van der Waals surface area (Å²) in [7, 11) is 0. The minimum Gasteiger partial charge on any atom is -0.300 e. The minimum absolute atomic E-state index is 0.119. The molecule has 0 aliphatic heterocycles. The normalized spacial score (nSPS) is 11.3. The fourth-order valence-electron chi connectivity index (χ4n) is 3.48. The lowest BCUT2D eigenvalue weighted by atomic mass is 10.1. The van der Waals surface area contributed by atoms with Crippen molar-refractivity contribution < 1.29 is 4.79 Å². The average Bonchev–Trinajstić information content (AvgIpc) is 3.13. The second-order valence-corrected chi connectivity index (χ2v) is 7.88. The number of hydrogen-bond acceptors (Lipinski definition) is 5. The molecule has 1 amide bonds. The van der Waals surface area contributed by atoms with Gasteiger partial charge in [-0.25, -0.2) is 9.97 Å². The molecule has 2 aromatic heterocycles. The molecule has 0 unspecified atom stereocenters. The number of fused-ring (bicyclic) bond motifs is 4. The van der Waals surface area contributed by atoms with Crippen LogP contribution in [0.2, 0.25) is 0 Å². The molecule has 142 valence electrons. The van der Waals surface area contributed by atoms with Gasteiger partial charge < -0.3 is 5.32 Å². The third-order valence-corrected chi connectivity index (χ3v) is 5.84. The molecule has 0 saturated heterocycles. The second kappa shape index (κ2) is 6.79. The molecule has 0 saturated carbocycles. The van der Waals surface area contributed by atoms with Crippen LogP contribution in [0.15, 0.2) is 65.7 Å². The maximum absolute atomic E-state index is 12.7. The predicted octanol–water partition coefficient (Wildman–Crippen LogP) is 4.11. The summed E-state index contributed by atoms with van der Waals surface area (Å²) in [5.41, 5.74) is 2.22. The van der Waals surface area contributed by atoms with E-state index in [9.17, 15) is 9.59 Å². The molecule has 0 aliphatic rings. The summed E-state index contributed by atoms with van der Waals surface area (Å²) in [6.45, 7) is 1.79. The Morgan fingerprint density at radius 2 is 1.86 bits per heavy atom. The topological polar surface area (TPSA) is 76.9 Å². The Balaban J connectivity index is 1.44. The Kier molecular flexibility index (Phi) is 4.10. The molecule has 7 heteroatoms. The van der Waals surface area contributed by atoms with Crippen molar-refractivity contribution in [2.45, 2.75) is 13.5 Å². The third-order valence-electron chi connectivity index (χ3n) is 4.90. The van der Waals surface area contributed by atoms with Crippen LogP contribution in [0.1, 0.15) is 5.56 Å². The molecular weight excluding hydrogens is 384 g/mol. The van der Waals surface area contributed by atoms with Crippen molar-refractivity contribution in [2.24, 2.45) is 0 Å². The van der Waals surface area contributed by atoms with E-state index in [0.29, 0.717) is 16.0 Å². The molecule has 29 heavy (non-hydrogen) atoms. The van der Waals surface area contributed by atoms with Gasteiger partial charge in [-0.2, -0.15) is 0 Å². The predicted molar refractivity (Wildman–Crippen MR) is 116 cm³/mol. The summed E-state index contributed by atoms with van der Waals surface area (Å²) < 4.78 is 2.32. The lowest BCUT2D eigenvalue weighted by molar-refractivity contribution is -0.116. The number of amides is 1. The standard InChI is InChI=1S/C22H16N4O2S/c1-13-5-4-8-16-19(13)23-12-26(21(16)28)11-18(27)24-22-25-20-15-7-3-2-6-14(15)9-10-17(20)29-22/h2-10,12H,11H2,1H3,(H,24,25,27). The highest BCUT2D eigenvalue weighted by Crippen LogP contribution is 2.31. The highest BCUT2D eigenvalue weighted by Gasteiger charge is 2.12. The van der Waals surface area contributed by atoms with Crippen LogP contribution in [0.3, 0.4) is 0 Å². The van der Waals surface area contributed by atoms with E-state index in [1.165, 1.54) is 22.2 Å². The van der Waals surface area contributed by atoms with Crippen molar-refractivity contribution in [2.75, 3.05) is 5.32 Å². The summed E-state index contributed by atoms with van der Waals surface area (Å²) in [4.78, 5) is 34.2. The van der Waals surface area contributed by atoms with E-state index in [1.807, 2.05) is 55.5 Å². The van der Waals surface area contributed by atoms with E-state index in [1.54, 1.807) is 6.07 Å². The van der Waals surface area contributed by atoms with Gasteiger partial charge in [-0.05, 0) is 30.0 Å². The minimum atomic E-state index is -0.315. The van der Waals surface area contributed by atoms with Gasteiger partial charge in [0.15, 0.2) is 5.13 Å². The smallest absolute Gasteiger partial charge is 0.261 e. The van der Waals surface area contributed by atoms with Gasteiger partial charge in [0.05, 0.1) is 27.4 Å². The molecule has 3 aromatic carbocycles. The number of benzene rings is 3. The van der Waals surface area contributed by atoms with Crippen LogP contribution in [0.5, 0.6) is 0 Å². The van der Waals surface area contributed by atoms with Crippen LogP contribution < -0.4 is 10.9 Å². The van der Waals surface area contributed by atoms with Gasteiger partial charge in [0.1, 0.15) is 6.54 Å². The summed E-state index contributed by atoms with van der Waals surface area (Å²) in [6.07, 6.45) is 1.42. The Labute approximate surface area is 169 Å². The van der Waals surface area contributed by atoms with Crippen LogP contribution >= 0.6 is 11.3 Å². The van der Waals surface area contributed by atoms with Crippen LogP contribution in [-0.4, -0.2) is 20.4 Å². The average molecular weight is 400 g/mol. The summed E-state index contributed by atoms with van der Waals surface area (Å²) >= 11 is 1.41. The molecule has 5 aromatic rings. The molecule has 0 spiro atoms. The van der Waals surface area contributed by atoms with E-state index in [4.69, 9.17) is 0 Å². The van der Waals surface area contributed by atoms with E-state index in [2.05, 4.69) is 15.3 Å². The first-order valence-electron chi connectivity index (χ1n) is 9.13. The lowest BCUT2D eigenvalue weighted by Crippen LogP contribution is -2.28. The van der Waals surface area contributed by atoms with Gasteiger partial charge in [0.2, 0.25) is 5.91 Å². The van der Waals surface area contributed by atoms with Crippen molar-refractivity contribution in [3.63, 3.8) is 0 Å². The Morgan fingerprint density at radius 3 is 2.76 bits per heavy atom. The number of carbonyl (C=O) groups excluding carboxylic acids is 1. The number of carbonyl (C=O) groups is 1. The van der Waals surface area contributed by atoms with Gasteiger partial charge in [-0.3, -0.25) is 14.2 Å². The van der Waals surface area contributed by atoms with E-state index >= 15 is 0 Å². The summed E-state index contributed by atoms with van der Waals surface area (Å²) in [5.74, 6) is -0.315. The van der Waals surface area contributed by atoms with E-state index < -0.39 is 0 Å². The van der Waals surface area contributed by atoms with Gasteiger partial charge in [-0.15, -0.1) is 0 Å². The maximum atomic E-state index is 12.7. The van der Waals surface area contributed by atoms with Crippen molar-refractivity contribution in [1.29, 1.82) is 0 Å². The highest BCUT2D eigenvalue weighted by molar-refractivity contribution is 7.22. The molecule has 0 aliphatic carbocycles. The Hall–Kier alpha value is -3.58. The van der Waals surface area contributed by atoms with Crippen LogP contribution in [0.25, 0.3) is 31.9 Å². The fourth-order valence-corrected chi connectivity index (χ4v) is 4.38. The molecule has 5 rings (SSSR count). The lowest BCUT2D eigenvalue weighted by Gasteiger charge is -2.07. The molecular formula is C22H16N4O2S. The molecule has 6 nitrogen and oxygen atoms in total. The monoisotopic (exact) mass is 400 g/mol. The molecule has 0 atom stereocenters. The number of aromatic nitrogens is 3. The number of para-hydroxylation sites is 1.